The summed E-state index contributed by atoms with van der Waals surface area (Å²) >= 11 is 0. The Hall–Kier alpha value is -0.660. The molecule has 1 N–H and O–H groups in total. The van der Waals surface area contributed by atoms with Gasteiger partial charge in [-0.2, -0.15) is 4.31 Å². The zero-order valence-corrected chi connectivity index (χ0v) is 12.0. The zero-order chi connectivity index (χ0) is 13.8. The number of hydrogen-bond acceptors (Lipinski definition) is 4. The predicted molar refractivity (Wildman–Crippen MR) is 68.7 cm³/mol. The van der Waals surface area contributed by atoms with Crippen LogP contribution in [0.1, 0.15) is 27.2 Å². The van der Waals surface area contributed by atoms with Gasteiger partial charge in [0.15, 0.2) is 0 Å². The van der Waals surface area contributed by atoms with Crippen molar-refractivity contribution in [2.24, 2.45) is 0 Å². The second-order valence-corrected chi connectivity index (χ2v) is 7.46. The van der Waals surface area contributed by atoms with E-state index >= 15 is 0 Å². The quantitative estimate of drug-likeness (QED) is 0.782. The fraction of sp³-hybridized carbons (Fsp3) is 0.909. The molecule has 0 spiro atoms. The molecule has 0 atom stereocenters. The summed E-state index contributed by atoms with van der Waals surface area (Å²) < 4.78 is 30.4. The maximum Gasteiger partial charge on any atom is 0.221 e. The van der Waals surface area contributed by atoms with E-state index in [2.05, 4.69) is 5.32 Å². The van der Waals surface area contributed by atoms with Crippen LogP contribution in [0.3, 0.4) is 0 Å². The minimum absolute atomic E-state index is 0.00302. The number of hydrogen-bond donors (Lipinski definition) is 1. The molecule has 0 radical (unpaired) electrons. The van der Waals surface area contributed by atoms with E-state index in [9.17, 15) is 13.2 Å². The second kappa shape index (κ2) is 5.99. The molecule has 6 nitrogen and oxygen atoms in total. The molecule has 1 heterocycles. The highest BCUT2D eigenvalue weighted by atomic mass is 32.2. The van der Waals surface area contributed by atoms with E-state index in [4.69, 9.17) is 4.74 Å². The third-order valence-electron chi connectivity index (χ3n) is 2.46. The Labute approximate surface area is 109 Å². The topological polar surface area (TPSA) is 75.7 Å². The van der Waals surface area contributed by atoms with Crippen LogP contribution < -0.4 is 5.32 Å². The third kappa shape index (κ3) is 5.32. The van der Waals surface area contributed by atoms with Crippen molar-refractivity contribution in [3.63, 3.8) is 0 Å². The van der Waals surface area contributed by atoms with E-state index in [-0.39, 0.29) is 23.6 Å². The van der Waals surface area contributed by atoms with Gasteiger partial charge in [-0.05, 0) is 20.8 Å². The smallest absolute Gasteiger partial charge is 0.221 e. The lowest BCUT2D eigenvalue weighted by Crippen LogP contribution is -2.44. The molecule has 1 saturated heterocycles. The first kappa shape index (κ1) is 15.4. The Morgan fingerprint density at radius 3 is 2.33 bits per heavy atom. The van der Waals surface area contributed by atoms with Crippen molar-refractivity contribution in [2.45, 2.75) is 32.7 Å². The van der Waals surface area contributed by atoms with Gasteiger partial charge < -0.3 is 10.1 Å². The van der Waals surface area contributed by atoms with Crippen LogP contribution in [0, 0.1) is 0 Å². The molecule has 0 saturated carbocycles. The Kier molecular flexibility index (Phi) is 5.12. The van der Waals surface area contributed by atoms with E-state index in [1.165, 1.54) is 4.31 Å². The number of rotatable bonds is 4. The van der Waals surface area contributed by atoms with E-state index in [0.29, 0.717) is 26.3 Å². The summed E-state index contributed by atoms with van der Waals surface area (Å²) in [6.45, 7) is 7.19. The van der Waals surface area contributed by atoms with Crippen molar-refractivity contribution in [1.29, 1.82) is 0 Å². The highest BCUT2D eigenvalue weighted by Crippen LogP contribution is 2.07. The molecule has 1 aliphatic heterocycles. The van der Waals surface area contributed by atoms with Crippen LogP contribution in [0.15, 0.2) is 0 Å². The van der Waals surface area contributed by atoms with Crippen molar-refractivity contribution in [2.75, 3.05) is 32.1 Å². The molecular formula is C11H22N2O4S. The minimum atomic E-state index is -3.34. The molecule has 106 valence electrons. The monoisotopic (exact) mass is 278 g/mol. The van der Waals surface area contributed by atoms with Crippen molar-refractivity contribution in [1.82, 2.24) is 9.62 Å². The third-order valence-corrected chi connectivity index (χ3v) is 4.34. The van der Waals surface area contributed by atoms with Crippen LogP contribution in [-0.2, 0) is 19.6 Å². The molecule has 0 aromatic heterocycles. The first-order valence-electron chi connectivity index (χ1n) is 6.07. The number of ether oxygens (including phenoxy) is 1. The molecular weight excluding hydrogens is 256 g/mol. The maximum absolute atomic E-state index is 11.9. The zero-order valence-electron chi connectivity index (χ0n) is 11.2. The number of carbonyl (C=O) groups is 1. The lowest BCUT2D eigenvalue weighted by Gasteiger charge is -2.26. The van der Waals surface area contributed by atoms with Gasteiger partial charge in [0, 0.05) is 25.0 Å². The van der Waals surface area contributed by atoms with E-state index in [1.54, 1.807) is 0 Å². The van der Waals surface area contributed by atoms with Gasteiger partial charge in [-0.15, -0.1) is 0 Å². The van der Waals surface area contributed by atoms with Crippen molar-refractivity contribution < 1.29 is 17.9 Å². The van der Waals surface area contributed by atoms with Gasteiger partial charge in [-0.3, -0.25) is 4.79 Å². The van der Waals surface area contributed by atoms with E-state index < -0.39 is 10.0 Å². The normalized spacial score (nSPS) is 18.6. The van der Waals surface area contributed by atoms with Crippen LogP contribution in [0.4, 0.5) is 0 Å². The molecule has 18 heavy (non-hydrogen) atoms. The molecule has 0 bridgehead atoms. The number of carbonyl (C=O) groups excluding carboxylic acids is 1. The van der Waals surface area contributed by atoms with Crippen LogP contribution in [0.25, 0.3) is 0 Å². The highest BCUT2D eigenvalue weighted by Gasteiger charge is 2.25. The molecule has 1 fully saturated rings. The molecule has 0 unspecified atom stereocenters. The maximum atomic E-state index is 11.9. The van der Waals surface area contributed by atoms with Crippen LogP contribution in [0.2, 0.25) is 0 Å². The lowest BCUT2D eigenvalue weighted by atomic mass is 10.1. The summed E-state index contributed by atoms with van der Waals surface area (Å²) in [5.74, 6) is -0.381. The Balaban J connectivity index is 2.44. The summed E-state index contributed by atoms with van der Waals surface area (Å²) in [5.41, 5.74) is -0.334. The average molecular weight is 278 g/mol. The van der Waals surface area contributed by atoms with Gasteiger partial charge in [0.2, 0.25) is 15.9 Å². The summed E-state index contributed by atoms with van der Waals surface area (Å²) in [4.78, 5) is 11.6. The predicted octanol–water partition coefficient (Wildman–Crippen LogP) is -0.0468. The average Bonchev–Trinajstić information content (AvgIpc) is 2.26. The largest absolute Gasteiger partial charge is 0.379 e. The molecule has 0 aliphatic carbocycles. The first-order chi connectivity index (χ1) is 8.21. The first-order valence-corrected chi connectivity index (χ1v) is 7.68. The second-order valence-electron chi connectivity index (χ2n) is 5.38. The summed E-state index contributed by atoms with van der Waals surface area (Å²) in [6, 6.07) is 0. The fourth-order valence-electron chi connectivity index (χ4n) is 1.66. The number of amides is 1. The summed E-state index contributed by atoms with van der Waals surface area (Å²) in [5, 5.41) is 2.75. The van der Waals surface area contributed by atoms with Gasteiger partial charge in [-0.1, -0.05) is 0 Å². The van der Waals surface area contributed by atoms with Crippen molar-refractivity contribution in [3.8, 4) is 0 Å². The van der Waals surface area contributed by atoms with Gasteiger partial charge >= 0.3 is 0 Å². The molecule has 0 aromatic carbocycles. The van der Waals surface area contributed by atoms with Crippen molar-refractivity contribution >= 4 is 15.9 Å². The molecule has 1 rings (SSSR count). The molecule has 7 heteroatoms. The van der Waals surface area contributed by atoms with Crippen LogP contribution >= 0.6 is 0 Å². The minimum Gasteiger partial charge on any atom is -0.379 e. The highest BCUT2D eigenvalue weighted by molar-refractivity contribution is 7.89. The van der Waals surface area contributed by atoms with Gasteiger partial charge in [0.1, 0.15) is 0 Å². The van der Waals surface area contributed by atoms with Crippen LogP contribution in [0.5, 0.6) is 0 Å². The van der Waals surface area contributed by atoms with Gasteiger partial charge in [0.05, 0.1) is 19.0 Å². The van der Waals surface area contributed by atoms with Crippen molar-refractivity contribution in [3.05, 3.63) is 0 Å². The number of nitrogens with zero attached hydrogens (tertiary/aromatic N) is 1. The van der Waals surface area contributed by atoms with Gasteiger partial charge in [0.25, 0.3) is 0 Å². The van der Waals surface area contributed by atoms with E-state index in [0.717, 1.165) is 0 Å². The lowest BCUT2D eigenvalue weighted by molar-refractivity contribution is -0.122. The number of sulfonamides is 1. The SMILES string of the molecule is CC(C)(C)NC(=O)CCS(=O)(=O)N1CCOCC1. The number of morpholine rings is 1. The Morgan fingerprint density at radius 2 is 1.83 bits per heavy atom. The summed E-state index contributed by atoms with van der Waals surface area (Å²) in [6.07, 6.45) is -0.00302. The standard InChI is InChI=1S/C11H22N2O4S/c1-11(2,3)12-10(14)4-9-18(15,16)13-5-7-17-8-6-13/h4-9H2,1-3H3,(H,12,14). The molecule has 1 amide bonds. The van der Waals surface area contributed by atoms with E-state index in [1.807, 2.05) is 20.8 Å². The Morgan fingerprint density at radius 1 is 1.28 bits per heavy atom. The number of nitrogens with one attached hydrogen (secondary N) is 1. The fourth-order valence-corrected chi connectivity index (χ4v) is 3.06. The molecule has 0 aromatic rings. The molecule has 1 aliphatic rings. The summed E-state index contributed by atoms with van der Waals surface area (Å²) in [7, 11) is -3.34. The van der Waals surface area contributed by atoms with Crippen LogP contribution in [-0.4, -0.2) is 56.2 Å². The Bertz CT molecular complexity index is 380. The van der Waals surface area contributed by atoms with Gasteiger partial charge in [-0.25, -0.2) is 8.42 Å².